The largest absolute Gasteiger partial charge is 0.304 e. The van der Waals surface area contributed by atoms with E-state index in [0.29, 0.717) is 0 Å². The van der Waals surface area contributed by atoms with Crippen molar-refractivity contribution in [3.05, 3.63) is 35.4 Å². The van der Waals surface area contributed by atoms with Crippen LogP contribution in [0.2, 0.25) is 0 Å². The fraction of sp³-hybridized carbons (Fsp3) is 0.684. The van der Waals surface area contributed by atoms with E-state index >= 15 is 0 Å². The maximum absolute atomic E-state index is 2.59. The molecule has 3 heteroatoms. The molecule has 2 rings (SSSR count). The van der Waals surface area contributed by atoms with Crippen LogP contribution in [0.15, 0.2) is 24.3 Å². The summed E-state index contributed by atoms with van der Waals surface area (Å²) in [6.45, 7) is 15.0. The third kappa shape index (κ3) is 5.38. The molecule has 0 unspecified atom stereocenters. The van der Waals surface area contributed by atoms with Crippen molar-refractivity contribution >= 4 is 0 Å². The lowest BCUT2D eigenvalue weighted by molar-refractivity contribution is 0.139. The van der Waals surface area contributed by atoms with Gasteiger partial charge in [-0.15, -0.1) is 0 Å². The van der Waals surface area contributed by atoms with E-state index in [9.17, 15) is 0 Å². The van der Waals surface area contributed by atoms with Crippen LogP contribution in [0, 0.1) is 0 Å². The van der Waals surface area contributed by atoms with Crippen LogP contribution in [0.5, 0.6) is 0 Å². The molecule has 0 aliphatic carbocycles. The smallest absolute Gasteiger partial charge is 0.0231 e. The van der Waals surface area contributed by atoms with Crippen LogP contribution < -0.4 is 0 Å². The topological polar surface area (TPSA) is 9.72 Å². The minimum atomic E-state index is 0.231. The van der Waals surface area contributed by atoms with Crippen LogP contribution in [0.4, 0.5) is 0 Å². The minimum absolute atomic E-state index is 0.231. The Morgan fingerprint density at radius 2 is 1.77 bits per heavy atom. The average molecular weight is 303 g/mol. The van der Waals surface area contributed by atoms with Gasteiger partial charge in [0.25, 0.3) is 0 Å². The first-order valence-electron chi connectivity index (χ1n) is 8.53. The van der Waals surface area contributed by atoms with Gasteiger partial charge in [-0.2, -0.15) is 0 Å². The Bertz CT molecular complexity index is 456. The average Bonchev–Trinajstić information content (AvgIpc) is 2.46. The van der Waals surface area contributed by atoms with Gasteiger partial charge in [-0.25, -0.2) is 0 Å². The predicted molar refractivity (Wildman–Crippen MR) is 95.4 cm³/mol. The van der Waals surface area contributed by atoms with Gasteiger partial charge in [0.2, 0.25) is 0 Å². The van der Waals surface area contributed by atoms with E-state index in [1.807, 2.05) is 0 Å². The van der Waals surface area contributed by atoms with Crippen LogP contribution in [-0.4, -0.2) is 68.1 Å². The summed E-state index contributed by atoms with van der Waals surface area (Å²) in [4.78, 5) is 7.44. The maximum Gasteiger partial charge on any atom is 0.0231 e. The van der Waals surface area contributed by atoms with E-state index < -0.39 is 0 Å². The summed E-state index contributed by atoms with van der Waals surface area (Å²) < 4.78 is 0. The van der Waals surface area contributed by atoms with Gasteiger partial charge in [0.05, 0.1) is 0 Å². The van der Waals surface area contributed by atoms with Crippen molar-refractivity contribution in [3.8, 4) is 0 Å². The molecule has 3 nitrogen and oxygen atoms in total. The number of likely N-dealkylation sites (N-methyl/N-ethyl adjacent to an activating group) is 2. The summed E-state index contributed by atoms with van der Waals surface area (Å²) in [6.07, 6.45) is 0. The molecule has 1 aliphatic heterocycles. The highest BCUT2D eigenvalue weighted by atomic mass is 15.3. The zero-order chi connectivity index (χ0) is 16.2. The number of hydrogen-bond donors (Lipinski definition) is 0. The highest BCUT2D eigenvalue weighted by Gasteiger charge is 2.15. The lowest BCUT2D eigenvalue weighted by Crippen LogP contribution is -2.46. The van der Waals surface area contributed by atoms with E-state index in [2.05, 4.69) is 73.8 Å². The number of piperazine rings is 1. The molecule has 0 aromatic heterocycles. The Morgan fingerprint density at radius 3 is 2.41 bits per heavy atom. The second kappa shape index (κ2) is 7.58. The molecule has 1 heterocycles. The molecule has 0 atom stereocenters. The molecule has 0 N–H and O–H groups in total. The summed E-state index contributed by atoms with van der Waals surface area (Å²) in [6, 6.07) is 9.06. The van der Waals surface area contributed by atoms with Gasteiger partial charge in [0.1, 0.15) is 0 Å². The quantitative estimate of drug-likeness (QED) is 0.828. The van der Waals surface area contributed by atoms with Crippen LogP contribution in [-0.2, 0) is 12.0 Å². The molecule has 1 aromatic carbocycles. The maximum atomic E-state index is 2.59. The molecule has 0 spiro atoms. The molecule has 0 saturated carbocycles. The van der Waals surface area contributed by atoms with Crippen molar-refractivity contribution < 1.29 is 0 Å². The van der Waals surface area contributed by atoms with Gasteiger partial charge in [0.15, 0.2) is 0 Å². The van der Waals surface area contributed by atoms with Gasteiger partial charge in [-0.3, -0.25) is 4.90 Å². The molecule has 1 saturated heterocycles. The van der Waals surface area contributed by atoms with Crippen molar-refractivity contribution in [2.45, 2.75) is 32.7 Å². The lowest BCUT2D eigenvalue weighted by atomic mass is 9.86. The van der Waals surface area contributed by atoms with Gasteiger partial charge in [-0.1, -0.05) is 45.0 Å². The lowest BCUT2D eigenvalue weighted by Gasteiger charge is -2.33. The third-order valence-corrected chi connectivity index (χ3v) is 4.64. The van der Waals surface area contributed by atoms with Crippen molar-refractivity contribution in [2.24, 2.45) is 0 Å². The van der Waals surface area contributed by atoms with E-state index in [4.69, 9.17) is 0 Å². The Balaban J connectivity index is 1.80. The summed E-state index contributed by atoms with van der Waals surface area (Å²) in [5, 5.41) is 0. The summed E-state index contributed by atoms with van der Waals surface area (Å²) >= 11 is 0. The summed E-state index contributed by atoms with van der Waals surface area (Å²) in [7, 11) is 4.45. The number of nitrogens with zero attached hydrogens (tertiary/aromatic N) is 3. The molecule has 124 valence electrons. The number of rotatable bonds is 5. The molecule has 1 fully saturated rings. The van der Waals surface area contributed by atoms with Crippen LogP contribution in [0.25, 0.3) is 0 Å². The number of benzene rings is 1. The second-order valence-corrected chi connectivity index (χ2v) is 7.83. The molecular weight excluding hydrogens is 270 g/mol. The fourth-order valence-corrected chi connectivity index (χ4v) is 2.91. The summed E-state index contributed by atoms with van der Waals surface area (Å²) in [5.74, 6) is 0. The first kappa shape index (κ1) is 17.5. The standard InChI is InChI=1S/C19H33N3/c1-19(2,3)18-8-6-7-17(15-18)16-21(5)11-14-22-12-9-20(4)10-13-22/h6-8,15H,9-14,16H2,1-5H3. The Morgan fingerprint density at radius 1 is 1.09 bits per heavy atom. The summed E-state index contributed by atoms with van der Waals surface area (Å²) in [5.41, 5.74) is 3.08. The van der Waals surface area contributed by atoms with Gasteiger partial charge >= 0.3 is 0 Å². The zero-order valence-electron chi connectivity index (χ0n) is 15.1. The van der Waals surface area contributed by atoms with Crippen molar-refractivity contribution in [1.82, 2.24) is 14.7 Å². The monoisotopic (exact) mass is 303 g/mol. The first-order chi connectivity index (χ1) is 10.3. The zero-order valence-corrected chi connectivity index (χ0v) is 15.1. The Labute approximate surface area is 136 Å². The number of hydrogen-bond acceptors (Lipinski definition) is 3. The van der Waals surface area contributed by atoms with Crippen molar-refractivity contribution in [2.75, 3.05) is 53.4 Å². The predicted octanol–water partition coefficient (Wildman–Crippen LogP) is 2.66. The second-order valence-electron chi connectivity index (χ2n) is 7.83. The van der Waals surface area contributed by atoms with Crippen molar-refractivity contribution in [1.29, 1.82) is 0 Å². The SMILES string of the molecule is CN1CCN(CCN(C)Cc2cccc(C(C)(C)C)c2)CC1. The molecule has 1 aromatic rings. The molecule has 0 amide bonds. The van der Waals surface area contributed by atoms with E-state index in [-0.39, 0.29) is 5.41 Å². The molecule has 0 bridgehead atoms. The molecule has 1 aliphatic rings. The van der Waals surface area contributed by atoms with Crippen LogP contribution in [0.1, 0.15) is 31.9 Å². The highest BCUT2D eigenvalue weighted by Crippen LogP contribution is 2.23. The van der Waals surface area contributed by atoms with Gasteiger partial charge < -0.3 is 9.80 Å². The normalized spacial score (nSPS) is 18.1. The van der Waals surface area contributed by atoms with E-state index in [1.54, 1.807) is 0 Å². The first-order valence-corrected chi connectivity index (χ1v) is 8.53. The minimum Gasteiger partial charge on any atom is -0.304 e. The Hall–Kier alpha value is -0.900. The molecular formula is C19H33N3. The highest BCUT2D eigenvalue weighted by molar-refractivity contribution is 5.28. The molecule has 0 radical (unpaired) electrons. The van der Waals surface area contributed by atoms with Crippen molar-refractivity contribution in [3.63, 3.8) is 0 Å². The molecule has 22 heavy (non-hydrogen) atoms. The van der Waals surface area contributed by atoms with Crippen LogP contribution in [0.3, 0.4) is 0 Å². The van der Waals surface area contributed by atoms with E-state index in [0.717, 1.165) is 13.1 Å². The fourth-order valence-electron chi connectivity index (χ4n) is 2.91. The third-order valence-electron chi connectivity index (χ3n) is 4.64. The Kier molecular flexibility index (Phi) is 6.01. The van der Waals surface area contributed by atoms with Gasteiger partial charge in [0, 0.05) is 45.8 Å². The van der Waals surface area contributed by atoms with Crippen LogP contribution >= 0.6 is 0 Å². The van der Waals surface area contributed by atoms with Gasteiger partial charge in [-0.05, 0) is 30.6 Å². The van der Waals surface area contributed by atoms with E-state index in [1.165, 1.54) is 43.9 Å².